The summed E-state index contributed by atoms with van der Waals surface area (Å²) in [7, 11) is 0. The zero-order valence-corrected chi connectivity index (χ0v) is 15.6. The van der Waals surface area contributed by atoms with Gasteiger partial charge < -0.3 is 15.5 Å². The fourth-order valence-electron chi connectivity index (χ4n) is 3.86. The number of carboxylic acid groups (broad SMARTS) is 1. The van der Waals surface area contributed by atoms with Crippen LogP contribution >= 0.6 is 11.9 Å². The highest BCUT2D eigenvalue weighted by molar-refractivity contribution is 8.01. The highest BCUT2D eigenvalue weighted by Crippen LogP contribution is 2.54. The molecule has 4 N–H and O–H groups in total. The van der Waals surface area contributed by atoms with Gasteiger partial charge in [-0.2, -0.15) is 0 Å². The van der Waals surface area contributed by atoms with Crippen molar-refractivity contribution in [2.24, 2.45) is 5.41 Å². The zero-order chi connectivity index (χ0) is 19.1. The summed E-state index contributed by atoms with van der Waals surface area (Å²) in [5.41, 5.74) is 3.50. The molecule has 0 fully saturated rings. The second-order valence-corrected chi connectivity index (χ2v) is 8.00. The third kappa shape index (κ3) is 3.09. The average molecular weight is 381 g/mol. The summed E-state index contributed by atoms with van der Waals surface area (Å²) in [4.78, 5) is 36.2. The lowest BCUT2D eigenvalue weighted by Gasteiger charge is -2.36. The first kappa shape index (κ1) is 18.8. The van der Waals surface area contributed by atoms with Crippen molar-refractivity contribution in [1.82, 2.24) is 15.2 Å². The van der Waals surface area contributed by atoms with E-state index in [-0.39, 0.29) is 11.2 Å². The number of nitrogens with zero attached hydrogens (tertiary/aromatic N) is 1. The van der Waals surface area contributed by atoms with Crippen LogP contribution < -0.4 is 10.7 Å². The molecule has 1 atom stereocenters. The summed E-state index contributed by atoms with van der Waals surface area (Å²) >= 11 is 1.41. The minimum atomic E-state index is -1.22. The lowest BCUT2D eigenvalue weighted by Crippen LogP contribution is -2.52. The Hall–Kier alpha value is -2.00. The molecule has 3 aliphatic rings. The molecule has 1 unspecified atom stereocenters. The number of fused-ring (bicyclic) bond motifs is 2. The number of hydrogen-bond acceptors (Lipinski definition) is 6. The number of carbonyl (C=O) groups is 3. The zero-order valence-electron chi connectivity index (χ0n) is 14.8. The second kappa shape index (κ2) is 6.96. The molecule has 2 amide bonds. The highest BCUT2D eigenvalue weighted by Gasteiger charge is 2.48. The van der Waals surface area contributed by atoms with Crippen LogP contribution in [0.4, 0.5) is 0 Å². The maximum absolute atomic E-state index is 12.3. The van der Waals surface area contributed by atoms with Crippen molar-refractivity contribution < 1.29 is 24.6 Å². The molecule has 1 aliphatic carbocycles. The molecule has 0 spiro atoms. The van der Waals surface area contributed by atoms with Gasteiger partial charge in [-0.3, -0.25) is 19.8 Å². The molecule has 0 saturated carbocycles. The van der Waals surface area contributed by atoms with Crippen LogP contribution in [-0.4, -0.2) is 45.0 Å². The fraction of sp³-hybridized carbons (Fsp3) is 0.588. The molecule has 2 heterocycles. The van der Waals surface area contributed by atoms with Crippen LogP contribution in [0.1, 0.15) is 46.0 Å². The van der Waals surface area contributed by atoms with Gasteiger partial charge >= 0.3 is 5.97 Å². The second-order valence-electron chi connectivity index (χ2n) is 6.93. The van der Waals surface area contributed by atoms with Crippen molar-refractivity contribution in [2.45, 2.75) is 52.0 Å². The Morgan fingerprint density at radius 2 is 2.08 bits per heavy atom. The number of rotatable bonds is 5. The van der Waals surface area contributed by atoms with Gasteiger partial charge in [-0.1, -0.05) is 26.7 Å². The summed E-state index contributed by atoms with van der Waals surface area (Å²) in [5, 5.41) is 21.5. The van der Waals surface area contributed by atoms with Crippen molar-refractivity contribution in [3.05, 3.63) is 21.8 Å². The molecule has 0 saturated heterocycles. The van der Waals surface area contributed by atoms with E-state index in [1.54, 1.807) is 4.41 Å². The van der Waals surface area contributed by atoms with Crippen molar-refractivity contribution in [1.29, 1.82) is 0 Å². The number of aliphatic carboxylic acids is 1. The highest BCUT2D eigenvalue weighted by atomic mass is 32.2. The smallest absolute Gasteiger partial charge is 0.322 e. The molecule has 0 aromatic carbocycles. The molecule has 0 aromatic heterocycles. The third-order valence-electron chi connectivity index (χ3n) is 5.67. The van der Waals surface area contributed by atoms with Crippen LogP contribution in [-0.2, 0) is 14.4 Å². The van der Waals surface area contributed by atoms with E-state index in [1.165, 1.54) is 11.9 Å². The van der Waals surface area contributed by atoms with E-state index in [0.29, 0.717) is 0 Å². The fourth-order valence-corrected chi connectivity index (χ4v) is 5.26. The predicted molar refractivity (Wildman–Crippen MR) is 95.6 cm³/mol. The van der Waals surface area contributed by atoms with Gasteiger partial charge in [-0.05, 0) is 42.2 Å². The van der Waals surface area contributed by atoms with Crippen molar-refractivity contribution in [3.63, 3.8) is 0 Å². The molecule has 142 valence electrons. The number of carboxylic acids is 1. The van der Waals surface area contributed by atoms with Crippen molar-refractivity contribution in [3.8, 4) is 0 Å². The Bertz CT molecular complexity index is 726. The minimum Gasteiger partial charge on any atom is -0.509 e. The van der Waals surface area contributed by atoms with Gasteiger partial charge in [0.2, 0.25) is 0 Å². The molecule has 8 nitrogen and oxygen atoms in total. The Labute approximate surface area is 155 Å². The Kier molecular flexibility index (Phi) is 5.03. The number of aliphatic hydroxyl groups is 1. The summed E-state index contributed by atoms with van der Waals surface area (Å²) < 4.78 is 1.59. The van der Waals surface area contributed by atoms with Gasteiger partial charge in [0.05, 0.1) is 0 Å². The molecule has 0 aromatic rings. The Balaban J connectivity index is 1.89. The van der Waals surface area contributed by atoms with Gasteiger partial charge in [0.15, 0.2) is 0 Å². The van der Waals surface area contributed by atoms with Gasteiger partial charge in [0, 0.05) is 4.91 Å². The first-order chi connectivity index (χ1) is 12.3. The lowest BCUT2D eigenvalue weighted by atomic mass is 9.70. The third-order valence-corrected chi connectivity index (χ3v) is 6.80. The number of carbonyl (C=O) groups excluding carboxylic acids is 2. The number of hydrazine groups is 1. The minimum absolute atomic E-state index is 0.242. The molecule has 0 radical (unpaired) electrons. The van der Waals surface area contributed by atoms with Gasteiger partial charge in [-0.15, -0.1) is 4.41 Å². The summed E-state index contributed by atoms with van der Waals surface area (Å²) in [6, 6.07) is -0.565. The summed E-state index contributed by atoms with van der Waals surface area (Å²) in [6.45, 7) is 3.76. The van der Waals surface area contributed by atoms with Crippen LogP contribution in [0.5, 0.6) is 0 Å². The molecule has 0 bridgehead atoms. The summed E-state index contributed by atoms with van der Waals surface area (Å²) in [5.74, 6) is -3.14. The molecule has 26 heavy (non-hydrogen) atoms. The maximum atomic E-state index is 12.3. The monoisotopic (exact) mass is 381 g/mol. The number of aliphatic hydroxyl groups excluding tert-OH is 1. The number of amides is 2. The van der Waals surface area contributed by atoms with Crippen LogP contribution in [0.25, 0.3) is 0 Å². The van der Waals surface area contributed by atoms with Gasteiger partial charge in [0.25, 0.3) is 11.8 Å². The van der Waals surface area contributed by atoms with Crippen LogP contribution in [0.15, 0.2) is 21.8 Å². The Morgan fingerprint density at radius 1 is 1.38 bits per heavy atom. The standard InChI is InChI=1S/C17H23N3O5S/c1-3-17(4-2)6-5-9-10(7-17)26-20-13(9)14(23)12(16(25)19-20)15(24)18-8-11(21)22/h13,23H,3-8H2,1-2H3,(H,18,24)(H,19,25)(H,21,22). The van der Waals surface area contributed by atoms with E-state index in [0.717, 1.165) is 42.6 Å². The van der Waals surface area contributed by atoms with Crippen molar-refractivity contribution >= 4 is 29.7 Å². The normalized spacial score (nSPS) is 24.8. The van der Waals surface area contributed by atoms with Gasteiger partial charge in [0.1, 0.15) is 23.9 Å². The van der Waals surface area contributed by atoms with Crippen LogP contribution in [0, 0.1) is 5.41 Å². The first-order valence-corrected chi connectivity index (χ1v) is 9.52. The molecular weight excluding hydrogens is 358 g/mol. The van der Waals surface area contributed by atoms with E-state index in [2.05, 4.69) is 24.6 Å². The van der Waals surface area contributed by atoms with E-state index < -0.39 is 35.9 Å². The number of nitrogens with one attached hydrogen (secondary N) is 2. The maximum Gasteiger partial charge on any atom is 0.322 e. The quantitative estimate of drug-likeness (QED) is 0.422. The largest absolute Gasteiger partial charge is 0.509 e. The molecule has 3 rings (SSSR count). The number of allylic oxidation sites excluding steroid dienone is 1. The summed E-state index contributed by atoms with van der Waals surface area (Å²) in [6.07, 6.45) is 4.85. The lowest BCUT2D eigenvalue weighted by molar-refractivity contribution is -0.138. The van der Waals surface area contributed by atoms with E-state index in [4.69, 9.17) is 5.11 Å². The van der Waals surface area contributed by atoms with Crippen molar-refractivity contribution in [2.75, 3.05) is 6.54 Å². The number of hydrogen-bond donors (Lipinski definition) is 4. The molecule has 2 aliphatic heterocycles. The van der Waals surface area contributed by atoms with Crippen LogP contribution in [0.2, 0.25) is 0 Å². The average Bonchev–Trinajstić information content (AvgIpc) is 2.96. The van der Waals surface area contributed by atoms with E-state index in [1.807, 2.05) is 0 Å². The van der Waals surface area contributed by atoms with Crippen LogP contribution in [0.3, 0.4) is 0 Å². The van der Waals surface area contributed by atoms with Gasteiger partial charge in [-0.25, -0.2) is 0 Å². The van der Waals surface area contributed by atoms with E-state index >= 15 is 0 Å². The molecular formula is C17H23N3O5S. The van der Waals surface area contributed by atoms with E-state index in [9.17, 15) is 19.5 Å². The first-order valence-electron chi connectivity index (χ1n) is 8.75. The molecule has 9 heteroatoms. The SMILES string of the molecule is CCC1(CC)CCC2=C(C1)SN1NC(=O)C(C(=O)NCC(=O)O)=C(O)C21. The Morgan fingerprint density at radius 3 is 2.69 bits per heavy atom. The predicted octanol–water partition coefficient (Wildman–Crippen LogP) is 1.62. The topological polar surface area (TPSA) is 119 Å².